The molecule has 0 aromatic heterocycles. The number of rotatable bonds is 4. The average Bonchev–Trinajstić information content (AvgIpc) is 2.65. The molecule has 0 N–H and O–H groups in total. The molecular formula is C23H36N2O3. The monoisotopic (exact) mass is 388 g/mol. The van der Waals surface area contributed by atoms with Crippen LogP contribution in [0.25, 0.3) is 0 Å². The third kappa shape index (κ3) is 7.42. The van der Waals surface area contributed by atoms with Gasteiger partial charge in [0.25, 0.3) is 0 Å². The van der Waals surface area contributed by atoms with Crippen molar-refractivity contribution >= 4 is 6.09 Å². The maximum Gasteiger partial charge on any atom is 0.410 e. The Hall–Kier alpha value is -2.22. The number of piperidine rings is 1. The Kier molecular flexibility index (Phi) is 9.31. The van der Waals surface area contributed by atoms with Crippen LogP contribution in [-0.2, 0) is 4.74 Å². The minimum Gasteiger partial charge on any atom is -0.494 e. The summed E-state index contributed by atoms with van der Waals surface area (Å²) in [6.45, 7) is 15.7. The van der Waals surface area contributed by atoms with E-state index in [-0.39, 0.29) is 6.09 Å². The number of amides is 1. The zero-order valence-electron chi connectivity index (χ0n) is 18.6. The fourth-order valence-corrected chi connectivity index (χ4v) is 3.16. The predicted molar refractivity (Wildman–Crippen MR) is 113 cm³/mol. The fraction of sp³-hybridized carbons (Fsp3) is 0.652. The molecule has 0 aliphatic carbocycles. The van der Waals surface area contributed by atoms with Crippen LogP contribution in [0.4, 0.5) is 4.79 Å². The van der Waals surface area contributed by atoms with E-state index in [1.54, 1.807) is 6.07 Å². The van der Waals surface area contributed by atoms with E-state index in [0.29, 0.717) is 24.6 Å². The highest BCUT2D eigenvalue weighted by Crippen LogP contribution is 2.24. The highest BCUT2D eigenvalue weighted by Gasteiger charge is 2.27. The summed E-state index contributed by atoms with van der Waals surface area (Å²) in [6.07, 6.45) is 2.75. The molecule has 1 saturated heterocycles. The van der Waals surface area contributed by atoms with Crippen molar-refractivity contribution < 1.29 is 14.3 Å². The largest absolute Gasteiger partial charge is 0.494 e. The number of hydrogen-bond donors (Lipinski definition) is 0. The summed E-state index contributed by atoms with van der Waals surface area (Å²) < 4.78 is 11.4. The molecule has 0 bridgehead atoms. The Morgan fingerprint density at radius 3 is 2.57 bits per heavy atom. The number of ether oxygens (including phenoxy) is 2. The van der Waals surface area contributed by atoms with Gasteiger partial charge in [-0.25, -0.2) is 4.79 Å². The molecule has 1 fully saturated rings. The summed E-state index contributed by atoms with van der Waals surface area (Å²) in [7, 11) is 0. The second kappa shape index (κ2) is 10.9. The smallest absolute Gasteiger partial charge is 0.410 e. The summed E-state index contributed by atoms with van der Waals surface area (Å²) in [5, 5.41) is 9.20. The van der Waals surface area contributed by atoms with Crippen molar-refractivity contribution in [1.29, 1.82) is 5.26 Å². The van der Waals surface area contributed by atoms with Crippen molar-refractivity contribution in [2.75, 3.05) is 19.7 Å². The summed E-state index contributed by atoms with van der Waals surface area (Å²) in [6, 6.07) is 5.99. The first-order chi connectivity index (χ1) is 13.2. The van der Waals surface area contributed by atoms with Crippen LogP contribution >= 0.6 is 0 Å². The van der Waals surface area contributed by atoms with Crippen molar-refractivity contribution in [3.63, 3.8) is 0 Å². The summed E-state index contributed by atoms with van der Waals surface area (Å²) in [4.78, 5) is 14.0. The molecule has 0 spiro atoms. The van der Waals surface area contributed by atoms with Crippen LogP contribution < -0.4 is 4.74 Å². The van der Waals surface area contributed by atoms with E-state index in [1.807, 2.05) is 59.4 Å². The van der Waals surface area contributed by atoms with Gasteiger partial charge in [0.05, 0.1) is 18.2 Å². The van der Waals surface area contributed by atoms with Gasteiger partial charge in [-0.05, 0) is 83.1 Å². The van der Waals surface area contributed by atoms with Gasteiger partial charge in [0.2, 0.25) is 0 Å². The van der Waals surface area contributed by atoms with Crippen LogP contribution in [0.5, 0.6) is 5.75 Å². The zero-order chi connectivity index (χ0) is 21.3. The number of aryl methyl sites for hydroxylation is 1. The van der Waals surface area contributed by atoms with Crippen molar-refractivity contribution in [2.24, 2.45) is 5.92 Å². The minimum atomic E-state index is -0.463. The number of hydrogen-bond acceptors (Lipinski definition) is 4. The van der Waals surface area contributed by atoms with Gasteiger partial charge >= 0.3 is 6.09 Å². The molecule has 5 heteroatoms. The molecule has 5 nitrogen and oxygen atoms in total. The zero-order valence-corrected chi connectivity index (χ0v) is 18.6. The molecule has 0 saturated carbocycles. The SMILES string of the molecule is CC.Cc1cc(OCCC2CCCN(C(=O)OC(C)(C)C)C2)cc(C#N)c1C. The van der Waals surface area contributed by atoms with Gasteiger partial charge < -0.3 is 14.4 Å². The predicted octanol–water partition coefficient (Wildman–Crippen LogP) is 5.62. The van der Waals surface area contributed by atoms with E-state index >= 15 is 0 Å². The number of carbonyl (C=O) groups excluding carboxylic acids is 1. The number of carbonyl (C=O) groups is 1. The summed E-state index contributed by atoms with van der Waals surface area (Å²) >= 11 is 0. The first-order valence-electron chi connectivity index (χ1n) is 10.3. The second-order valence-corrected chi connectivity index (χ2v) is 8.10. The quantitative estimate of drug-likeness (QED) is 0.672. The second-order valence-electron chi connectivity index (χ2n) is 8.10. The van der Waals surface area contributed by atoms with E-state index in [4.69, 9.17) is 9.47 Å². The lowest BCUT2D eigenvalue weighted by molar-refractivity contribution is 0.0154. The van der Waals surface area contributed by atoms with Crippen LogP contribution in [0.3, 0.4) is 0 Å². The van der Waals surface area contributed by atoms with Gasteiger partial charge in [-0.3, -0.25) is 0 Å². The Morgan fingerprint density at radius 2 is 1.96 bits per heavy atom. The first kappa shape index (κ1) is 23.8. The normalized spacial score (nSPS) is 16.5. The van der Waals surface area contributed by atoms with Crippen LogP contribution in [0.15, 0.2) is 12.1 Å². The topological polar surface area (TPSA) is 62.6 Å². The molecule has 1 heterocycles. The minimum absolute atomic E-state index is 0.226. The van der Waals surface area contributed by atoms with E-state index in [2.05, 4.69) is 6.07 Å². The number of nitriles is 1. The van der Waals surface area contributed by atoms with Gasteiger partial charge in [-0.1, -0.05) is 13.8 Å². The molecular weight excluding hydrogens is 352 g/mol. The van der Waals surface area contributed by atoms with Gasteiger partial charge in [0, 0.05) is 13.1 Å². The summed E-state index contributed by atoms with van der Waals surface area (Å²) in [5.74, 6) is 1.16. The van der Waals surface area contributed by atoms with E-state index in [0.717, 1.165) is 42.7 Å². The van der Waals surface area contributed by atoms with Crippen molar-refractivity contribution in [1.82, 2.24) is 4.90 Å². The lowest BCUT2D eigenvalue weighted by Crippen LogP contribution is -2.43. The molecule has 2 rings (SSSR count). The standard InChI is InChI=1S/C21H30N2O3.C2H6/c1-15-11-19(12-18(13-22)16(15)2)25-10-8-17-7-6-9-23(14-17)20(24)26-21(3,4)5;1-2/h11-12,17H,6-10,14H2,1-5H3;1-2H3. The molecule has 1 aromatic carbocycles. The lowest BCUT2D eigenvalue weighted by Gasteiger charge is -2.34. The summed E-state index contributed by atoms with van der Waals surface area (Å²) in [5.41, 5.74) is 2.26. The fourth-order valence-electron chi connectivity index (χ4n) is 3.16. The van der Waals surface area contributed by atoms with Crippen LogP contribution in [-0.4, -0.2) is 36.3 Å². The molecule has 156 valence electrons. The van der Waals surface area contributed by atoms with E-state index in [1.165, 1.54) is 0 Å². The van der Waals surface area contributed by atoms with Crippen LogP contribution in [0.2, 0.25) is 0 Å². The maximum absolute atomic E-state index is 12.2. The highest BCUT2D eigenvalue weighted by atomic mass is 16.6. The number of nitrogens with zero attached hydrogens (tertiary/aromatic N) is 2. The number of likely N-dealkylation sites (tertiary alicyclic amines) is 1. The lowest BCUT2D eigenvalue weighted by atomic mass is 9.95. The highest BCUT2D eigenvalue weighted by molar-refractivity contribution is 5.68. The first-order valence-corrected chi connectivity index (χ1v) is 10.3. The van der Waals surface area contributed by atoms with Gasteiger partial charge in [-0.2, -0.15) is 5.26 Å². The Balaban J connectivity index is 0.00000190. The molecule has 28 heavy (non-hydrogen) atoms. The third-order valence-corrected chi connectivity index (χ3v) is 4.73. The van der Waals surface area contributed by atoms with Crippen LogP contribution in [0.1, 0.15) is 70.6 Å². The molecule has 1 atom stereocenters. The van der Waals surface area contributed by atoms with Gasteiger partial charge in [0.1, 0.15) is 11.4 Å². The number of benzene rings is 1. The van der Waals surface area contributed by atoms with Crippen molar-refractivity contribution in [2.45, 2.75) is 73.3 Å². The van der Waals surface area contributed by atoms with E-state index in [9.17, 15) is 10.1 Å². The molecule has 1 aliphatic rings. The van der Waals surface area contributed by atoms with Crippen molar-refractivity contribution in [3.05, 3.63) is 28.8 Å². The molecule has 1 aliphatic heterocycles. The molecule has 1 amide bonds. The Morgan fingerprint density at radius 1 is 1.29 bits per heavy atom. The molecule has 1 unspecified atom stereocenters. The third-order valence-electron chi connectivity index (χ3n) is 4.73. The van der Waals surface area contributed by atoms with Crippen molar-refractivity contribution in [3.8, 4) is 11.8 Å². The Bertz CT molecular complexity index is 686. The average molecular weight is 389 g/mol. The maximum atomic E-state index is 12.2. The molecule has 0 radical (unpaired) electrons. The van der Waals surface area contributed by atoms with Gasteiger partial charge in [-0.15, -0.1) is 0 Å². The van der Waals surface area contributed by atoms with E-state index < -0.39 is 5.60 Å². The van der Waals surface area contributed by atoms with Crippen LogP contribution in [0, 0.1) is 31.1 Å². The molecule has 1 aromatic rings. The van der Waals surface area contributed by atoms with Gasteiger partial charge in [0.15, 0.2) is 0 Å². The Labute approximate surface area is 170 Å².